The van der Waals surface area contributed by atoms with E-state index in [4.69, 9.17) is 15.2 Å². The van der Waals surface area contributed by atoms with Crippen LogP contribution in [-0.4, -0.2) is 28.8 Å². The van der Waals surface area contributed by atoms with Crippen molar-refractivity contribution in [1.82, 2.24) is 9.97 Å². The van der Waals surface area contributed by atoms with Crippen LogP contribution in [0.15, 0.2) is 6.07 Å². The molecule has 1 heterocycles. The first-order valence-corrected chi connectivity index (χ1v) is 6.19. The largest absolute Gasteiger partial charge is 0.475 e. The van der Waals surface area contributed by atoms with E-state index in [1.807, 2.05) is 34.6 Å². The standard InChI is InChI=1S/C13H23N3O2/c1-9(2)12-15-10(14)8-11(16-12)17-6-7-18-13(3,4)5/h8-9H,6-7H2,1-5H3,(H2,14,15,16). The Kier molecular flexibility index (Phi) is 4.90. The monoisotopic (exact) mass is 253 g/mol. The smallest absolute Gasteiger partial charge is 0.218 e. The van der Waals surface area contributed by atoms with Crippen LogP contribution in [0.3, 0.4) is 0 Å². The number of hydrogen-bond acceptors (Lipinski definition) is 5. The van der Waals surface area contributed by atoms with Crippen LogP contribution in [0.4, 0.5) is 5.82 Å². The summed E-state index contributed by atoms with van der Waals surface area (Å²) in [5, 5.41) is 0. The van der Waals surface area contributed by atoms with Gasteiger partial charge in [-0.3, -0.25) is 0 Å². The fraction of sp³-hybridized carbons (Fsp3) is 0.692. The topological polar surface area (TPSA) is 70.3 Å². The van der Waals surface area contributed by atoms with E-state index in [-0.39, 0.29) is 11.5 Å². The minimum atomic E-state index is -0.156. The fourth-order valence-corrected chi connectivity index (χ4v) is 1.29. The third-order valence-electron chi connectivity index (χ3n) is 2.12. The molecule has 0 aliphatic rings. The van der Waals surface area contributed by atoms with Crippen molar-refractivity contribution in [2.75, 3.05) is 18.9 Å². The number of nitrogen functional groups attached to an aromatic ring is 1. The van der Waals surface area contributed by atoms with E-state index < -0.39 is 0 Å². The first-order valence-electron chi connectivity index (χ1n) is 6.19. The van der Waals surface area contributed by atoms with Gasteiger partial charge in [-0.2, -0.15) is 4.98 Å². The molecule has 18 heavy (non-hydrogen) atoms. The van der Waals surface area contributed by atoms with Crippen molar-refractivity contribution >= 4 is 5.82 Å². The molecule has 0 fully saturated rings. The molecule has 1 aromatic rings. The minimum absolute atomic E-state index is 0.156. The number of aromatic nitrogens is 2. The Labute approximate surface area is 109 Å². The number of hydrogen-bond donors (Lipinski definition) is 1. The van der Waals surface area contributed by atoms with Crippen molar-refractivity contribution in [3.63, 3.8) is 0 Å². The summed E-state index contributed by atoms with van der Waals surface area (Å²) in [6.07, 6.45) is 0. The third-order valence-corrected chi connectivity index (χ3v) is 2.12. The second-order valence-electron chi connectivity index (χ2n) is 5.45. The van der Waals surface area contributed by atoms with Gasteiger partial charge in [-0.15, -0.1) is 0 Å². The molecule has 0 atom stereocenters. The summed E-state index contributed by atoms with van der Waals surface area (Å²) < 4.78 is 11.1. The molecular formula is C13H23N3O2. The maximum absolute atomic E-state index is 5.71. The summed E-state index contributed by atoms with van der Waals surface area (Å²) in [6.45, 7) is 11.0. The van der Waals surface area contributed by atoms with Crippen LogP contribution in [0.2, 0.25) is 0 Å². The van der Waals surface area contributed by atoms with E-state index in [2.05, 4.69) is 9.97 Å². The third kappa shape index (κ3) is 5.31. The lowest BCUT2D eigenvalue weighted by Gasteiger charge is -2.19. The zero-order valence-electron chi connectivity index (χ0n) is 11.9. The van der Waals surface area contributed by atoms with E-state index in [0.29, 0.717) is 30.7 Å². The van der Waals surface area contributed by atoms with Crippen molar-refractivity contribution in [1.29, 1.82) is 0 Å². The van der Waals surface area contributed by atoms with Gasteiger partial charge in [0.15, 0.2) is 0 Å². The first kappa shape index (κ1) is 14.7. The maximum atomic E-state index is 5.71. The summed E-state index contributed by atoms with van der Waals surface area (Å²) in [7, 11) is 0. The highest BCUT2D eigenvalue weighted by Crippen LogP contribution is 2.16. The zero-order valence-corrected chi connectivity index (χ0v) is 11.9. The molecule has 0 radical (unpaired) electrons. The first-order chi connectivity index (χ1) is 8.28. The molecule has 0 saturated carbocycles. The quantitative estimate of drug-likeness (QED) is 0.816. The average Bonchev–Trinajstić information content (AvgIpc) is 2.22. The van der Waals surface area contributed by atoms with Crippen molar-refractivity contribution in [2.45, 2.75) is 46.1 Å². The molecule has 0 aliphatic heterocycles. The number of nitrogens with two attached hydrogens (primary N) is 1. The van der Waals surface area contributed by atoms with Crippen molar-refractivity contribution in [3.05, 3.63) is 11.9 Å². The lowest BCUT2D eigenvalue weighted by molar-refractivity contribution is -0.0168. The SMILES string of the molecule is CC(C)c1nc(N)cc(OCCOC(C)(C)C)n1. The molecule has 0 saturated heterocycles. The van der Waals surface area contributed by atoms with E-state index in [1.54, 1.807) is 6.07 Å². The molecule has 1 aromatic heterocycles. The predicted octanol–water partition coefficient (Wildman–Crippen LogP) is 2.38. The molecule has 1 rings (SSSR count). The molecule has 0 aliphatic carbocycles. The minimum Gasteiger partial charge on any atom is -0.475 e. The van der Waals surface area contributed by atoms with Crippen molar-refractivity contribution < 1.29 is 9.47 Å². The van der Waals surface area contributed by atoms with Gasteiger partial charge in [0.25, 0.3) is 0 Å². The summed E-state index contributed by atoms with van der Waals surface area (Å²) >= 11 is 0. The van der Waals surface area contributed by atoms with Crippen LogP contribution in [0, 0.1) is 0 Å². The van der Waals surface area contributed by atoms with Gasteiger partial charge >= 0.3 is 0 Å². The fourth-order valence-electron chi connectivity index (χ4n) is 1.29. The summed E-state index contributed by atoms with van der Waals surface area (Å²) in [5.41, 5.74) is 5.55. The van der Waals surface area contributed by atoms with Gasteiger partial charge in [0, 0.05) is 12.0 Å². The number of anilines is 1. The van der Waals surface area contributed by atoms with E-state index in [9.17, 15) is 0 Å². The average molecular weight is 253 g/mol. The van der Waals surface area contributed by atoms with Crippen LogP contribution < -0.4 is 10.5 Å². The highest BCUT2D eigenvalue weighted by Gasteiger charge is 2.10. The molecule has 5 heteroatoms. The summed E-state index contributed by atoms with van der Waals surface area (Å²) in [5.74, 6) is 1.85. The summed E-state index contributed by atoms with van der Waals surface area (Å²) in [4.78, 5) is 8.45. The van der Waals surface area contributed by atoms with Gasteiger partial charge in [-0.05, 0) is 20.8 Å². The molecule has 2 N–H and O–H groups in total. The highest BCUT2D eigenvalue weighted by atomic mass is 16.5. The van der Waals surface area contributed by atoms with Crippen LogP contribution in [0.5, 0.6) is 5.88 Å². The Bertz CT molecular complexity index is 386. The van der Waals surface area contributed by atoms with Crippen LogP contribution in [0.1, 0.15) is 46.4 Å². The number of rotatable bonds is 5. The lowest BCUT2D eigenvalue weighted by Crippen LogP contribution is -2.22. The molecule has 0 aromatic carbocycles. The molecule has 0 unspecified atom stereocenters. The Morgan fingerprint density at radius 3 is 2.44 bits per heavy atom. The molecule has 5 nitrogen and oxygen atoms in total. The van der Waals surface area contributed by atoms with Crippen molar-refractivity contribution in [2.24, 2.45) is 0 Å². The van der Waals surface area contributed by atoms with E-state index in [1.165, 1.54) is 0 Å². The van der Waals surface area contributed by atoms with Gasteiger partial charge in [0.1, 0.15) is 18.2 Å². The summed E-state index contributed by atoms with van der Waals surface area (Å²) in [6, 6.07) is 1.63. The highest BCUT2D eigenvalue weighted by molar-refractivity contribution is 5.33. The van der Waals surface area contributed by atoms with E-state index in [0.717, 1.165) is 0 Å². The van der Waals surface area contributed by atoms with Crippen LogP contribution in [0.25, 0.3) is 0 Å². The van der Waals surface area contributed by atoms with Crippen LogP contribution >= 0.6 is 0 Å². The Balaban J connectivity index is 2.52. The van der Waals surface area contributed by atoms with Gasteiger partial charge in [0.2, 0.25) is 5.88 Å². The molecule has 0 amide bonds. The van der Waals surface area contributed by atoms with Gasteiger partial charge in [-0.1, -0.05) is 13.8 Å². The molecular weight excluding hydrogens is 230 g/mol. The van der Waals surface area contributed by atoms with Crippen molar-refractivity contribution in [3.8, 4) is 5.88 Å². The maximum Gasteiger partial charge on any atom is 0.218 e. The number of ether oxygens (including phenoxy) is 2. The Morgan fingerprint density at radius 2 is 1.89 bits per heavy atom. The number of nitrogens with zero attached hydrogens (tertiary/aromatic N) is 2. The normalized spacial score (nSPS) is 11.9. The Morgan fingerprint density at radius 1 is 1.22 bits per heavy atom. The van der Waals surface area contributed by atoms with Gasteiger partial charge in [0.05, 0.1) is 12.2 Å². The second kappa shape index (κ2) is 6.00. The molecule has 0 bridgehead atoms. The van der Waals surface area contributed by atoms with E-state index >= 15 is 0 Å². The lowest BCUT2D eigenvalue weighted by atomic mass is 10.2. The van der Waals surface area contributed by atoms with Gasteiger partial charge < -0.3 is 15.2 Å². The molecule has 102 valence electrons. The van der Waals surface area contributed by atoms with Crippen LogP contribution in [-0.2, 0) is 4.74 Å². The zero-order chi connectivity index (χ0) is 13.8. The molecule has 0 spiro atoms. The van der Waals surface area contributed by atoms with Gasteiger partial charge in [-0.25, -0.2) is 4.98 Å². The predicted molar refractivity (Wildman–Crippen MR) is 71.7 cm³/mol. The Hall–Kier alpha value is -1.36. The second-order valence-corrected chi connectivity index (χ2v) is 5.45.